The van der Waals surface area contributed by atoms with Crippen molar-refractivity contribution in [3.63, 3.8) is 0 Å². The van der Waals surface area contributed by atoms with Gasteiger partial charge in [-0.05, 0) is 18.4 Å². The van der Waals surface area contributed by atoms with E-state index < -0.39 is 0 Å². The van der Waals surface area contributed by atoms with E-state index in [9.17, 15) is 4.79 Å². The number of likely N-dealkylation sites (tertiary alicyclic amines) is 1. The van der Waals surface area contributed by atoms with Gasteiger partial charge in [-0.25, -0.2) is 4.79 Å². The fraction of sp³-hybridized carbons (Fsp3) is 0.533. The molecule has 0 unspecified atom stereocenters. The van der Waals surface area contributed by atoms with Gasteiger partial charge >= 0.3 is 6.09 Å². The number of rotatable bonds is 2. The number of amides is 1. The summed E-state index contributed by atoms with van der Waals surface area (Å²) in [6.07, 6.45) is 2.14. The average Bonchev–Trinajstić information content (AvgIpc) is 2.44. The molecule has 1 amide bonds. The first kappa shape index (κ1) is 15.1. The Kier molecular flexibility index (Phi) is 4.89. The van der Waals surface area contributed by atoms with Crippen LogP contribution in [-0.2, 0) is 11.3 Å². The second kappa shape index (κ2) is 6.46. The molecule has 1 aromatic rings. The monoisotopic (exact) mass is 296 g/mol. The number of hydrogen-bond donors (Lipinski definition) is 1. The second-order valence-electron chi connectivity index (χ2n) is 5.67. The van der Waals surface area contributed by atoms with E-state index in [0.29, 0.717) is 12.0 Å². The molecular formula is C15H21ClN2O2. The van der Waals surface area contributed by atoms with Crippen molar-refractivity contribution in [2.75, 3.05) is 26.2 Å². The Labute approximate surface area is 125 Å². The highest BCUT2D eigenvalue weighted by atomic mass is 35.5. The number of ether oxygens (including phenoxy) is 1. The van der Waals surface area contributed by atoms with Crippen molar-refractivity contribution in [1.82, 2.24) is 10.2 Å². The predicted octanol–water partition coefficient (Wildman–Crippen LogP) is 2.43. The van der Waals surface area contributed by atoms with Crippen LogP contribution in [0.3, 0.4) is 0 Å². The topological polar surface area (TPSA) is 41.6 Å². The van der Waals surface area contributed by atoms with Crippen molar-refractivity contribution < 1.29 is 9.53 Å². The zero-order chi connectivity index (χ0) is 13.1. The largest absolute Gasteiger partial charge is 0.445 e. The fourth-order valence-electron chi connectivity index (χ4n) is 2.94. The van der Waals surface area contributed by atoms with Gasteiger partial charge in [-0.2, -0.15) is 0 Å². The van der Waals surface area contributed by atoms with Gasteiger partial charge in [-0.15, -0.1) is 12.4 Å². The molecule has 0 aromatic heterocycles. The van der Waals surface area contributed by atoms with Crippen molar-refractivity contribution in [2.24, 2.45) is 5.41 Å². The van der Waals surface area contributed by atoms with E-state index in [4.69, 9.17) is 4.74 Å². The molecular weight excluding hydrogens is 276 g/mol. The molecule has 0 atom stereocenters. The second-order valence-corrected chi connectivity index (χ2v) is 5.67. The minimum atomic E-state index is -0.171. The first-order valence-corrected chi connectivity index (χ1v) is 6.94. The van der Waals surface area contributed by atoms with E-state index in [1.165, 1.54) is 6.42 Å². The van der Waals surface area contributed by atoms with Gasteiger partial charge in [0.15, 0.2) is 0 Å². The van der Waals surface area contributed by atoms with E-state index in [0.717, 1.165) is 38.2 Å². The lowest BCUT2D eigenvalue weighted by atomic mass is 9.75. The number of carbonyl (C=O) groups is 1. The van der Waals surface area contributed by atoms with Gasteiger partial charge in [-0.1, -0.05) is 30.3 Å². The lowest BCUT2D eigenvalue weighted by molar-refractivity contribution is 0.0266. The number of halogens is 1. The summed E-state index contributed by atoms with van der Waals surface area (Å²) in [5.41, 5.74) is 1.36. The molecule has 4 nitrogen and oxygen atoms in total. The molecule has 1 spiro atoms. The van der Waals surface area contributed by atoms with Gasteiger partial charge in [0.1, 0.15) is 6.61 Å². The summed E-state index contributed by atoms with van der Waals surface area (Å²) in [7, 11) is 0. The van der Waals surface area contributed by atoms with Gasteiger partial charge in [0.05, 0.1) is 0 Å². The Morgan fingerprint density at radius 2 is 2.05 bits per heavy atom. The molecule has 5 heteroatoms. The highest BCUT2D eigenvalue weighted by Gasteiger charge is 2.42. The minimum absolute atomic E-state index is 0. The van der Waals surface area contributed by atoms with Crippen molar-refractivity contribution in [3.8, 4) is 0 Å². The first-order chi connectivity index (χ1) is 9.27. The normalized spacial score (nSPS) is 19.9. The molecule has 3 rings (SSSR count). The number of nitrogens with one attached hydrogen (secondary N) is 1. The van der Waals surface area contributed by atoms with Crippen LogP contribution in [-0.4, -0.2) is 37.2 Å². The Balaban J connectivity index is 0.00000147. The lowest BCUT2D eigenvalue weighted by Gasteiger charge is -2.48. The van der Waals surface area contributed by atoms with E-state index in [1.807, 2.05) is 35.2 Å². The van der Waals surface area contributed by atoms with Gasteiger partial charge < -0.3 is 15.0 Å². The highest BCUT2D eigenvalue weighted by Crippen LogP contribution is 2.33. The Morgan fingerprint density at radius 1 is 1.30 bits per heavy atom. The number of benzene rings is 1. The molecule has 1 N–H and O–H groups in total. The zero-order valence-corrected chi connectivity index (χ0v) is 12.3. The summed E-state index contributed by atoms with van der Waals surface area (Å²) >= 11 is 0. The van der Waals surface area contributed by atoms with Gasteiger partial charge in [0.25, 0.3) is 0 Å². The molecule has 2 fully saturated rings. The predicted molar refractivity (Wildman–Crippen MR) is 80.0 cm³/mol. The van der Waals surface area contributed by atoms with Crippen LogP contribution in [0.5, 0.6) is 0 Å². The van der Waals surface area contributed by atoms with E-state index in [2.05, 4.69) is 5.32 Å². The molecule has 2 saturated heterocycles. The maximum Gasteiger partial charge on any atom is 0.410 e. The quantitative estimate of drug-likeness (QED) is 0.911. The summed E-state index contributed by atoms with van der Waals surface area (Å²) in [6.45, 7) is 4.11. The van der Waals surface area contributed by atoms with E-state index in [1.54, 1.807) is 0 Å². The number of piperidine rings is 1. The van der Waals surface area contributed by atoms with Crippen LogP contribution >= 0.6 is 12.4 Å². The summed E-state index contributed by atoms with van der Waals surface area (Å²) in [6, 6.07) is 9.82. The Hall–Kier alpha value is -1.26. The molecule has 20 heavy (non-hydrogen) atoms. The first-order valence-electron chi connectivity index (χ1n) is 6.94. The molecule has 0 bridgehead atoms. The molecule has 0 saturated carbocycles. The Morgan fingerprint density at radius 3 is 2.70 bits per heavy atom. The van der Waals surface area contributed by atoms with Crippen LogP contribution in [0, 0.1) is 5.41 Å². The van der Waals surface area contributed by atoms with Crippen molar-refractivity contribution in [3.05, 3.63) is 35.9 Å². The number of nitrogens with zero attached hydrogens (tertiary/aromatic N) is 1. The van der Waals surface area contributed by atoms with Crippen LogP contribution in [0.25, 0.3) is 0 Å². The fourth-order valence-corrected chi connectivity index (χ4v) is 2.94. The van der Waals surface area contributed by atoms with Crippen molar-refractivity contribution >= 4 is 18.5 Å². The summed E-state index contributed by atoms with van der Waals surface area (Å²) in [5, 5.41) is 3.31. The highest BCUT2D eigenvalue weighted by molar-refractivity contribution is 5.85. The molecule has 0 aliphatic carbocycles. The van der Waals surface area contributed by atoms with Crippen molar-refractivity contribution in [2.45, 2.75) is 19.4 Å². The van der Waals surface area contributed by atoms with Gasteiger partial charge in [-0.3, -0.25) is 0 Å². The zero-order valence-electron chi connectivity index (χ0n) is 11.5. The third kappa shape index (κ3) is 3.25. The summed E-state index contributed by atoms with van der Waals surface area (Å²) < 4.78 is 5.40. The third-order valence-electron chi connectivity index (χ3n) is 4.12. The van der Waals surface area contributed by atoms with E-state index >= 15 is 0 Å². The summed E-state index contributed by atoms with van der Waals surface area (Å²) in [5.74, 6) is 0. The lowest BCUT2D eigenvalue weighted by Crippen LogP contribution is -2.61. The van der Waals surface area contributed by atoms with Crippen molar-refractivity contribution in [1.29, 1.82) is 0 Å². The molecule has 1 aromatic carbocycles. The van der Waals surface area contributed by atoms with Gasteiger partial charge in [0.2, 0.25) is 0 Å². The molecule has 0 radical (unpaired) electrons. The van der Waals surface area contributed by atoms with Crippen LogP contribution < -0.4 is 5.32 Å². The van der Waals surface area contributed by atoms with Crippen LogP contribution in [0.15, 0.2) is 30.3 Å². The summed E-state index contributed by atoms with van der Waals surface area (Å²) in [4.78, 5) is 14.0. The van der Waals surface area contributed by atoms with Crippen LogP contribution in [0.4, 0.5) is 4.79 Å². The SMILES string of the molecule is Cl.O=C(OCc1ccccc1)N1CCCC2(CNC2)C1. The third-order valence-corrected chi connectivity index (χ3v) is 4.12. The smallest absolute Gasteiger partial charge is 0.410 e. The number of carbonyl (C=O) groups excluding carboxylic acids is 1. The average molecular weight is 297 g/mol. The van der Waals surface area contributed by atoms with E-state index in [-0.39, 0.29) is 18.5 Å². The van der Waals surface area contributed by atoms with Gasteiger partial charge in [0, 0.05) is 31.6 Å². The molecule has 2 heterocycles. The molecule has 2 aliphatic rings. The molecule has 2 aliphatic heterocycles. The molecule has 110 valence electrons. The van der Waals surface area contributed by atoms with Crippen LogP contribution in [0.1, 0.15) is 18.4 Å². The number of hydrogen-bond acceptors (Lipinski definition) is 3. The van der Waals surface area contributed by atoms with Crippen LogP contribution in [0.2, 0.25) is 0 Å². The maximum absolute atomic E-state index is 12.1. The minimum Gasteiger partial charge on any atom is -0.445 e. The Bertz CT molecular complexity index is 448. The maximum atomic E-state index is 12.1. The standard InChI is InChI=1S/C15H20N2O2.ClH/c18-14(19-9-13-5-2-1-3-6-13)17-8-4-7-15(12-17)10-16-11-15;/h1-3,5-6,16H,4,7-12H2;1H.